The lowest BCUT2D eigenvalue weighted by atomic mass is 9.95. The Morgan fingerprint density at radius 3 is 1.22 bits per heavy atom. The summed E-state index contributed by atoms with van der Waals surface area (Å²) in [4.78, 5) is 0. The van der Waals surface area contributed by atoms with Crippen molar-refractivity contribution in [2.45, 2.75) is 99.6 Å². The first-order chi connectivity index (χ1) is 20.6. The molecule has 1 heterocycles. The van der Waals surface area contributed by atoms with Gasteiger partial charge in [-0.15, -0.1) is 0 Å². The zero-order valence-corrected chi connectivity index (χ0v) is 25.4. The van der Waals surface area contributed by atoms with Gasteiger partial charge >= 0.3 is 0 Å². The molecule has 13 unspecified atom stereocenters. The van der Waals surface area contributed by atoms with Crippen LogP contribution in [0.1, 0.15) is 20.8 Å². The number of rotatable bonds is 13. The quantitative estimate of drug-likeness (QED) is 0.0864. The second kappa shape index (κ2) is 24.7. The van der Waals surface area contributed by atoms with Crippen molar-refractivity contribution >= 4 is 0 Å². The number of aliphatic hydroxyl groups is 18. The van der Waals surface area contributed by atoms with Crippen molar-refractivity contribution < 1.29 is 96.7 Å². The third-order valence-electron chi connectivity index (χ3n) is 6.04. The molecule has 1 rings (SSSR count). The molecule has 0 aromatic carbocycles. The van der Waals surface area contributed by atoms with E-state index in [9.17, 15) is 15.3 Å². The fourth-order valence-corrected chi connectivity index (χ4v) is 2.86. The summed E-state index contributed by atoms with van der Waals surface area (Å²) in [5.41, 5.74) is -1.46. The summed E-state index contributed by atoms with van der Waals surface area (Å²) >= 11 is 0. The lowest BCUT2D eigenvalue weighted by Gasteiger charge is -2.29. The summed E-state index contributed by atoms with van der Waals surface area (Å²) in [6, 6.07) is 0. The van der Waals surface area contributed by atoms with Gasteiger partial charge < -0.3 is 96.7 Å². The minimum atomic E-state index is -1.95. The van der Waals surface area contributed by atoms with Gasteiger partial charge in [0.1, 0.15) is 60.7 Å². The Bertz CT molecular complexity index is 755. The largest absolute Gasteiger partial charge is 0.509 e. The molecule has 0 saturated heterocycles. The maximum Gasteiger partial charge on any atom is 0.172 e. The molecular formula is C26H54O19. The van der Waals surface area contributed by atoms with Gasteiger partial charge in [-0.2, -0.15) is 0 Å². The predicted octanol–water partition coefficient (Wildman–Crippen LogP) is -7.94. The SMILES string of the molecule is C=C1C=C(O)C(O)(C(O)CO)COC1.CC(O)C(O)C(O)C(O)CO.CC(O)C(O)C(O)C(O)CO.CC(O)C(O)C(O)CO. The highest BCUT2D eigenvalue weighted by atomic mass is 16.5. The van der Waals surface area contributed by atoms with Gasteiger partial charge in [-0.1, -0.05) is 6.58 Å². The van der Waals surface area contributed by atoms with Gasteiger partial charge in [-0.25, -0.2) is 0 Å². The molecule has 272 valence electrons. The van der Waals surface area contributed by atoms with Crippen molar-refractivity contribution in [1.29, 1.82) is 0 Å². The Morgan fingerprint density at radius 1 is 0.622 bits per heavy atom. The molecular weight excluding hydrogens is 616 g/mol. The monoisotopic (exact) mass is 670 g/mol. The predicted molar refractivity (Wildman–Crippen MR) is 153 cm³/mol. The molecule has 19 heteroatoms. The topological polar surface area (TPSA) is 373 Å². The molecule has 0 amide bonds. The van der Waals surface area contributed by atoms with Crippen molar-refractivity contribution in [3.63, 3.8) is 0 Å². The first-order valence-electron chi connectivity index (χ1n) is 13.6. The van der Waals surface area contributed by atoms with Crippen LogP contribution in [0.2, 0.25) is 0 Å². The smallest absolute Gasteiger partial charge is 0.172 e. The van der Waals surface area contributed by atoms with Crippen molar-refractivity contribution in [2.75, 3.05) is 39.6 Å². The molecule has 45 heavy (non-hydrogen) atoms. The van der Waals surface area contributed by atoms with Crippen molar-refractivity contribution in [2.24, 2.45) is 0 Å². The summed E-state index contributed by atoms with van der Waals surface area (Å²) < 4.78 is 4.98. The second-order valence-electron chi connectivity index (χ2n) is 10.2. The maximum absolute atomic E-state index is 9.81. The van der Waals surface area contributed by atoms with Gasteiger partial charge in [0.15, 0.2) is 5.60 Å². The Balaban J connectivity index is -0.000000530. The van der Waals surface area contributed by atoms with E-state index in [0.717, 1.165) is 0 Å². The molecule has 0 bridgehead atoms. The minimum Gasteiger partial charge on any atom is -0.509 e. The molecule has 0 aromatic heterocycles. The van der Waals surface area contributed by atoms with E-state index in [-0.39, 0.29) is 13.2 Å². The highest BCUT2D eigenvalue weighted by molar-refractivity contribution is 5.26. The van der Waals surface area contributed by atoms with Gasteiger partial charge in [-0.05, 0) is 32.4 Å². The third kappa shape index (κ3) is 18.5. The molecule has 0 aromatic rings. The molecule has 0 fully saturated rings. The van der Waals surface area contributed by atoms with Gasteiger partial charge in [-0.3, -0.25) is 0 Å². The zero-order chi connectivity index (χ0) is 36.2. The fraction of sp³-hybridized carbons (Fsp3) is 0.846. The van der Waals surface area contributed by atoms with Crippen molar-refractivity contribution in [3.05, 3.63) is 24.0 Å². The summed E-state index contributed by atoms with van der Waals surface area (Å²) in [5.74, 6) is -0.443. The van der Waals surface area contributed by atoms with E-state index in [0.29, 0.717) is 5.57 Å². The Kier molecular flexibility index (Phi) is 26.3. The van der Waals surface area contributed by atoms with Crippen LogP contribution >= 0.6 is 0 Å². The average Bonchev–Trinajstić information content (AvgIpc) is 3.14. The number of hydrogen-bond acceptors (Lipinski definition) is 19. The second-order valence-corrected chi connectivity index (χ2v) is 10.2. The number of ether oxygens (including phenoxy) is 1. The van der Waals surface area contributed by atoms with Crippen molar-refractivity contribution in [3.8, 4) is 0 Å². The Morgan fingerprint density at radius 2 is 0.956 bits per heavy atom. The summed E-state index contributed by atoms with van der Waals surface area (Å²) in [6.07, 6.45) is -14.8. The third-order valence-corrected chi connectivity index (χ3v) is 6.04. The van der Waals surface area contributed by atoms with E-state index in [1.165, 1.54) is 26.8 Å². The maximum atomic E-state index is 9.81. The molecule has 1 aliphatic rings. The van der Waals surface area contributed by atoms with Crippen molar-refractivity contribution in [1.82, 2.24) is 0 Å². The first kappa shape index (κ1) is 48.0. The van der Waals surface area contributed by atoms with Crippen LogP contribution in [0.4, 0.5) is 0 Å². The minimum absolute atomic E-state index is 0.171. The van der Waals surface area contributed by atoms with Gasteiger partial charge in [0.05, 0.1) is 58.0 Å². The van der Waals surface area contributed by atoms with Crippen LogP contribution in [0.3, 0.4) is 0 Å². The van der Waals surface area contributed by atoms with Crippen LogP contribution in [0.15, 0.2) is 24.0 Å². The molecule has 0 radical (unpaired) electrons. The van der Waals surface area contributed by atoms with Gasteiger partial charge in [0, 0.05) is 0 Å². The van der Waals surface area contributed by atoms with Crippen LogP contribution < -0.4 is 0 Å². The van der Waals surface area contributed by atoms with Crippen LogP contribution in [-0.2, 0) is 4.74 Å². The molecule has 18 N–H and O–H groups in total. The first-order valence-corrected chi connectivity index (χ1v) is 13.6. The Hall–Kier alpha value is -1.44. The van der Waals surface area contributed by atoms with E-state index in [2.05, 4.69) is 6.58 Å². The fourth-order valence-electron chi connectivity index (χ4n) is 2.86. The van der Waals surface area contributed by atoms with E-state index in [1.54, 1.807) is 0 Å². The lowest BCUT2D eigenvalue weighted by molar-refractivity contribution is -0.123. The molecule has 0 spiro atoms. The van der Waals surface area contributed by atoms with E-state index < -0.39 is 111 Å². The van der Waals surface area contributed by atoms with E-state index >= 15 is 0 Å². The summed E-state index contributed by atoms with van der Waals surface area (Å²) in [6.45, 7) is 4.84. The highest BCUT2D eigenvalue weighted by Gasteiger charge is 2.41. The molecule has 1 aliphatic heterocycles. The lowest BCUT2D eigenvalue weighted by Crippen LogP contribution is -2.49. The molecule has 19 nitrogen and oxygen atoms in total. The molecule has 0 aliphatic carbocycles. The van der Waals surface area contributed by atoms with E-state index in [1.807, 2.05) is 0 Å². The van der Waals surface area contributed by atoms with E-state index in [4.69, 9.17) is 81.3 Å². The highest BCUT2D eigenvalue weighted by Crippen LogP contribution is 2.24. The summed E-state index contributed by atoms with van der Waals surface area (Å²) in [5, 5.41) is 159. The van der Waals surface area contributed by atoms with Crippen LogP contribution in [-0.4, -0.2) is 210 Å². The standard InChI is InChI=1S/C9H14O5.2C6H14O5.C5H12O4/c1-6-2-7(11)9(13,5-14-4-6)8(12)3-10;2*1-3(8)5(10)6(11)4(9)2-7;1-3(7)5(9)4(8)2-6/h2,8,10-13H,1,3-5H2;2*3-11H,2H2,1H3;3-9H,2H2,1H3. The molecule has 13 atom stereocenters. The zero-order valence-electron chi connectivity index (χ0n) is 25.4. The number of hydrogen-bond donors (Lipinski definition) is 18. The van der Waals surface area contributed by atoms with Crippen LogP contribution in [0.25, 0.3) is 0 Å². The summed E-state index contributed by atoms with van der Waals surface area (Å²) in [7, 11) is 0. The Labute approximate surface area is 260 Å². The number of aliphatic hydroxyl groups excluding tert-OH is 17. The van der Waals surface area contributed by atoms with Crippen LogP contribution in [0, 0.1) is 0 Å². The average molecular weight is 671 g/mol. The molecule has 0 saturated carbocycles. The van der Waals surface area contributed by atoms with Crippen LogP contribution in [0.5, 0.6) is 0 Å². The normalized spacial score (nSPS) is 24.7. The van der Waals surface area contributed by atoms with Gasteiger partial charge in [0.2, 0.25) is 0 Å². The van der Waals surface area contributed by atoms with Gasteiger partial charge in [0.25, 0.3) is 0 Å².